The lowest BCUT2D eigenvalue weighted by Crippen LogP contribution is -2.66. The molecular weight excluding hydrogens is 500 g/mol. The van der Waals surface area contributed by atoms with Gasteiger partial charge in [-0.1, -0.05) is 26.0 Å². The molecule has 12 heteroatoms. The maximum atomic E-state index is 13.5. The van der Waals surface area contributed by atoms with E-state index in [4.69, 9.17) is 16.2 Å². The van der Waals surface area contributed by atoms with Crippen LogP contribution in [0.3, 0.4) is 0 Å². The van der Waals surface area contributed by atoms with Crippen LogP contribution in [0.25, 0.3) is 0 Å². The number of benzene rings is 1. The summed E-state index contributed by atoms with van der Waals surface area (Å²) in [5, 5.41) is 14.7. The van der Waals surface area contributed by atoms with Crippen molar-refractivity contribution < 1.29 is 19.4 Å². The Morgan fingerprint density at radius 2 is 2.05 bits per heavy atom. The normalized spacial score (nSPS) is 30.3. The van der Waals surface area contributed by atoms with E-state index in [0.717, 1.165) is 12.0 Å². The van der Waals surface area contributed by atoms with E-state index < -0.39 is 29.8 Å². The molecule has 12 nitrogen and oxygen atoms in total. The summed E-state index contributed by atoms with van der Waals surface area (Å²) in [5.74, 6) is 0.504. The van der Waals surface area contributed by atoms with Gasteiger partial charge in [-0.3, -0.25) is 14.6 Å². The number of guanidine groups is 1. The number of Topliss-reactive ketones (excluding diaryl/α,β-unsaturated/α-hetero) is 1. The van der Waals surface area contributed by atoms with Gasteiger partial charge in [0.15, 0.2) is 11.7 Å². The monoisotopic (exact) mass is 532 g/mol. The molecule has 0 aliphatic carbocycles. The van der Waals surface area contributed by atoms with E-state index >= 15 is 0 Å². The maximum absolute atomic E-state index is 13.5. The van der Waals surface area contributed by atoms with Crippen molar-refractivity contribution in [3.8, 4) is 5.75 Å². The number of nitrogens with one attached hydrogen (secondary N) is 1. The second-order valence-electron chi connectivity index (χ2n) is 11.3. The quantitative estimate of drug-likeness (QED) is 0.390. The number of ether oxygens (including phenoxy) is 1. The molecule has 1 fully saturated rings. The zero-order chi connectivity index (χ0) is 27.5. The van der Waals surface area contributed by atoms with Crippen LogP contribution in [0.15, 0.2) is 46.8 Å². The molecule has 0 radical (unpaired) electrons. The molecule has 39 heavy (non-hydrogen) atoms. The average Bonchev–Trinajstić information content (AvgIpc) is 3.41. The van der Waals surface area contributed by atoms with Crippen LogP contribution >= 0.6 is 0 Å². The molecule has 1 aromatic carbocycles. The fraction of sp³-hybridized carbons (Fsp3) is 0.481. The molecule has 1 saturated heterocycles. The third-order valence-corrected chi connectivity index (χ3v) is 8.54. The molecule has 4 aliphatic rings. The van der Waals surface area contributed by atoms with Crippen molar-refractivity contribution in [3.05, 3.63) is 53.6 Å². The van der Waals surface area contributed by atoms with Gasteiger partial charge in [0.05, 0.1) is 30.1 Å². The van der Waals surface area contributed by atoms with Gasteiger partial charge in [-0.25, -0.2) is 15.0 Å². The number of rotatable bonds is 5. The van der Waals surface area contributed by atoms with E-state index in [1.165, 1.54) is 18.6 Å². The molecule has 4 aliphatic heterocycles. The summed E-state index contributed by atoms with van der Waals surface area (Å²) in [6.45, 7) is 5.00. The lowest BCUT2D eigenvalue weighted by Gasteiger charge is -2.46. The van der Waals surface area contributed by atoms with Gasteiger partial charge in [-0.15, -0.1) is 0 Å². The first kappa shape index (κ1) is 25.2. The molecule has 5 atom stereocenters. The number of amides is 1. The fourth-order valence-corrected chi connectivity index (χ4v) is 6.50. The van der Waals surface area contributed by atoms with Crippen LogP contribution in [-0.4, -0.2) is 86.4 Å². The number of nitrogens with zero attached hydrogens (tertiary/aromatic N) is 5. The highest BCUT2D eigenvalue weighted by Gasteiger charge is 2.65. The Kier molecular flexibility index (Phi) is 5.83. The molecule has 6 rings (SSSR count). The van der Waals surface area contributed by atoms with Crippen LogP contribution in [0.1, 0.15) is 59.5 Å². The van der Waals surface area contributed by atoms with Crippen LogP contribution in [0.4, 0.5) is 0 Å². The highest BCUT2D eigenvalue weighted by Crippen LogP contribution is 2.46. The Labute approximate surface area is 225 Å². The van der Waals surface area contributed by atoms with E-state index in [9.17, 15) is 14.7 Å². The minimum Gasteiger partial charge on any atom is -0.492 e. The first-order valence-corrected chi connectivity index (χ1v) is 13.1. The summed E-state index contributed by atoms with van der Waals surface area (Å²) in [4.78, 5) is 45.4. The third kappa shape index (κ3) is 3.92. The second-order valence-corrected chi connectivity index (χ2v) is 11.3. The first-order valence-electron chi connectivity index (χ1n) is 13.1. The van der Waals surface area contributed by atoms with Gasteiger partial charge in [0.25, 0.3) is 5.91 Å². The van der Waals surface area contributed by atoms with Gasteiger partial charge in [-0.2, -0.15) is 0 Å². The van der Waals surface area contributed by atoms with E-state index in [1.807, 2.05) is 12.1 Å². The number of aliphatic imine (C=N–C) groups is 2. The van der Waals surface area contributed by atoms with Crippen molar-refractivity contribution in [2.24, 2.45) is 21.5 Å². The minimum atomic E-state index is -1.07. The van der Waals surface area contributed by atoms with Crippen molar-refractivity contribution in [1.29, 1.82) is 0 Å². The Hall–Kier alpha value is -4.06. The highest BCUT2D eigenvalue weighted by atomic mass is 16.5. The Morgan fingerprint density at radius 3 is 2.82 bits per heavy atom. The van der Waals surface area contributed by atoms with Gasteiger partial charge >= 0.3 is 0 Å². The summed E-state index contributed by atoms with van der Waals surface area (Å²) < 4.78 is 5.94. The van der Waals surface area contributed by atoms with Crippen molar-refractivity contribution in [3.63, 3.8) is 0 Å². The molecule has 2 aromatic rings. The van der Waals surface area contributed by atoms with Crippen LogP contribution in [-0.2, 0) is 5.41 Å². The van der Waals surface area contributed by atoms with Crippen molar-refractivity contribution in [2.45, 2.75) is 68.3 Å². The summed E-state index contributed by atoms with van der Waals surface area (Å²) in [7, 11) is 0. The Balaban J connectivity index is 1.27. The summed E-state index contributed by atoms with van der Waals surface area (Å²) in [6.07, 6.45) is 2.81. The van der Waals surface area contributed by atoms with Crippen LogP contribution in [0, 0.1) is 0 Å². The number of nitrogens with two attached hydrogens (primary N) is 2. The van der Waals surface area contributed by atoms with Gasteiger partial charge in [0, 0.05) is 31.1 Å². The number of amidine groups is 1. The van der Waals surface area contributed by atoms with E-state index in [1.54, 1.807) is 11.0 Å². The number of carbonyl (C=O) groups excluding carboxylic acids is 2. The minimum absolute atomic E-state index is 0.0121. The van der Waals surface area contributed by atoms with Crippen LogP contribution in [0.2, 0.25) is 0 Å². The molecule has 0 saturated carbocycles. The first-order chi connectivity index (χ1) is 18.6. The smallest absolute Gasteiger partial charge is 0.255 e. The summed E-state index contributed by atoms with van der Waals surface area (Å²) >= 11 is 0. The number of hydrogen-bond acceptors (Lipinski definition) is 11. The predicted octanol–water partition coefficient (Wildman–Crippen LogP) is 0.150. The number of ketones is 1. The molecule has 1 spiro atoms. The van der Waals surface area contributed by atoms with Crippen LogP contribution < -0.4 is 21.5 Å². The number of hydrogen-bond donors (Lipinski definition) is 4. The molecule has 1 unspecified atom stereocenters. The largest absolute Gasteiger partial charge is 0.492 e. The molecule has 1 aromatic heterocycles. The van der Waals surface area contributed by atoms with E-state index in [-0.39, 0.29) is 48.1 Å². The lowest BCUT2D eigenvalue weighted by atomic mass is 9.77. The van der Waals surface area contributed by atoms with Crippen molar-refractivity contribution in [2.75, 3.05) is 13.2 Å². The summed E-state index contributed by atoms with van der Waals surface area (Å²) in [5.41, 5.74) is 13.1. The maximum Gasteiger partial charge on any atom is 0.255 e. The SMILES string of the molecule is CC1(C)CCOc2c(C(=O)NC3CN4C(N)=N[C@@H](CC(=O)c5ccncn5)[C@@H]5N=C(N)C[C@@]54[C@@H]3O)cccc21. The summed E-state index contributed by atoms with van der Waals surface area (Å²) in [6, 6.07) is 5.15. The molecule has 204 valence electrons. The molecule has 5 heterocycles. The fourth-order valence-electron chi connectivity index (χ4n) is 6.50. The van der Waals surface area contributed by atoms with Gasteiger partial charge in [-0.05, 0) is 24.0 Å². The lowest BCUT2D eigenvalue weighted by molar-refractivity contribution is 0.0275. The molecular formula is C27H32N8O4. The molecule has 1 amide bonds. The number of aromatic nitrogens is 2. The number of aliphatic hydroxyl groups excluding tert-OH is 1. The topological polar surface area (TPSA) is 181 Å². The Morgan fingerprint density at radius 1 is 1.23 bits per heavy atom. The number of para-hydroxylation sites is 1. The second kappa shape index (κ2) is 9.01. The number of fused-ring (bicyclic) bond motifs is 1. The predicted molar refractivity (Wildman–Crippen MR) is 143 cm³/mol. The van der Waals surface area contributed by atoms with Gasteiger partial charge < -0.3 is 31.5 Å². The molecule has 0 bridgehead atoms. The van der Waals surface area contributed by atoms with E-state index in [0.29, 0.717) is 23.8 Å². The average molecular weight is 533 g/mol. The highest BCUT2D eigenvalue weighted by molar-refractivity contribution is 5.98. The molecule has 6 N–H and O–H groups in total. The zero-order valence-electron chi connectivity index (χ0n) is 21.9. The van der Waals surface area contributed by atoms with Crippen molar-refractivity contribution >= 4 is 23.5 Å². The Bertz CT molecular complexity index is 1390. The standard InChI is InChI=1S/C27H32N8O4/c1-26(2)7-9-39-21-14(4-3-5-15(21)26)24(38)32-18-12-35-25(29)33-17(10-19(36)16-6-8-30-13-31-16)22-27(35,23(18)37)11-20(28)34-22/h3-6,8,13,17-18,22-23,37H,7,9-12H2,1-2H3,(H2,28,34)(H2,29,33)(H,32,38)/t17-,18?,22-,23+,27-/m0/s1. The van der Waals surface area contributed by atoms with Gasteiger partial charge in [0.1, 0.15) is 35.5 Å². The van der Waals surface area contributed by atoms with Crippen molar-refractivity contribution in [1.82, 2.24) is 20.2 Å². The van der Waals surface area contributed by atoms with E-state index in [2.05, 4.69) is 39.1 Å². The number of carbonyl (C=O) groups is 2. The number of aliphatic hydroxyl groups is 1. The van der Waals surface area contributed by atoms with Gasteiger partial charge in [0.2, 0.25) is 0 Å². The third-order valence-electron chi connectivity index (χ3n) is 8.54. The zero-order valence-corrected chi connectivity index (χ0v) is 21.9. The van der Waals surface area contributed by atoms with Crippen LogP contribution in [0.5, 0.6) is 5.75 Å².